The number of aryl methyl sites for hydroxylation is 1. The van der Waals surface area contributed by atoms with Crippen molar-refractivity contribution in [3.8, 4) is 0 Å². The molecule has 0 aliphatic carbocycles. The Morgan fingerprint density at radius 2 is 2.36 bits per heavy atom. The smallest absolute Gasteiger partial charge is 0.354 e. The average molecular weight is 196 g/mol. The molecule has 1 aromatic heterocycles. The Morgan fingerprint density at radius 3 is 2.86 bits per heavy atom. The van der Waals surface area contributed by atoms with Gasteiger partial charge in [-0.15, -0.1) is 0 Å². The van der Waals surface area contributed by atoms with Gasteiger partial charge in [-0.3, -0.25) is 0 Å². The molecule has 0 amide bonds. The Bertz CT molecular complexity index is 331. The summed E-state index contributed by atoms with van der Waals surface area (Å²) in [5.41, 5.74) is 7.93. The molecule has 0 saturated carbocycles. The zero-order chi connectivity index (χ0) is 10.7. The molecular weight excluding hydrogens is 180 g/mol. The van der Waals surface area contributed by atoms with Crippen LogP contribution in [0.5, 0.6) is 0 Å². The van der Waals surface area contributed by atoms with Crippen LogP contribution >= 0.6 is 0 Å². The number of carbonyl (C=O) groups is 1. The number of aromatic amines is 1. The van der Waals surface area contributed by atoms with E-state index in [1.54, 1.807) is 0 Å². The van der Waals surface area contributed by atoms with E-state index in [0.29, 0.717) is 12.2 Å². The van der Waals surface area contributed by atoms with E-state index in [0.717, 1.165) is 11.3 Å². The van der Waals surface area contributed by atoms with Crippen LogP contribution in [0, 0.1) is 6.92 Å². The quantitative estimate of drug-likeness (QED) is 0.713. The number of nitrogens with two attached hydrogens (primary N) is 1. The molecule has 0 spiro atoms. The summed E-state index contributed by atoms with van der Waals surface area (Å²) in [6.07, 6.45) is 0. The van der Waals surface area contributed by atoms with Crippen molar-refractivity contribution in [1.82, 2.24) is 4.98 Å². The lowest BCUT2D eigenvalue weighted by Crippen LogP contribution is -2.10. The minimum absolute atomic E-state index is 0.229. The van der Waals surface area contributed by atoms with E-state index in [9.17, 15) is 4.79 Å². The summed E-state index contributed by atoms with van der Waals surface area (Å²) in [4.78, 5) is 14.3. The van der Waals surface area contributed by atoms with E-state index in [2.05, 4.69) is 9.72 Å². The third-order valence-corrected chi connectivity index (χ3v) is 2.31. The number of aromatic nitrogens is 1. The highest BCUT2D eigenvalue weighted by Crippen LogP contribution is 2.17. The van der Waals surface area contributed by atoms with Gasteiger partial charge in [0, 0.05) is 18.2 Å². The Hall–Kier alpha value is -1.29. The average Bonchev–Trinajstić information content (AvgIpc) is 2.58. The zero-order valence-electron chi connectivity index (χ0n) is 8.76. The van der Waals surface area contributed by atoms with E-state index < -0.39 is 0 Å². The van der Waals surface area contributed by atoms with Gasteiger partial charge in [0.2, 0.25) is 0 Å². The summed E-state index contributed by atoms with van der Waals surface area (Å²) in [6.45, 7) is 4.43. The summed E-state index contributed by atoms with van der Waals surface area (Å²) in [6, 6.07) is 1.93. The van der Waals surface area contributed by atoms with Crippen molar-refractivity contribution in [2.45, 2.75) is 19.8 Å². The number of hydrogen-bond acceptors (Lipinski definition) is 3. The van der Waals surface area contributed by atoms with Crippen LogP contribution in [0.3, 0.4) is 0 Å². The minimum Gasteiger partial charge on any atom is -0.464 e. The van der Waals surface area contributed by atoms with Gasteiger partial charge in [0.15, 0.2) is 0 Å². The highest BCUT2D eigenvalue weighted by atomic mass is 16.5. The van der Waals surface area contributed by atoms with Gasteiger partial charge in [-0.25, -0.2) is 4.79 Å². The Balaban J connectivity index is 2.98. The topological polar surface area (TPSA) is 68.1 Å². The van der Waals surface area contributed by atoms with Crippen LogP contribution in [-0.4, -0.2) is 24.6 Å². The van der Waals surface area contributed by atoms with Crippen molar-refractivity contribution in [3.05, 3.63) is 23.0 Å². The second kappa shape index (κ2) is 4.28. The van der Waals surface area contributed by atoms with E-state index in [-0.39, 0.29) is 11.9 Å². The first kappa shape index (κ1) is 10.8. The number of esters is 1. The fourth-order valence-corrected chi connectivity index (χ4v) is 1.29. The molecule has 0 radical (unpaired) electrons. The molecule has 0 aliphatic rings. The van der Waals surface area contributed by atoms with Crippen LogP contribution in [-0.2, 0) is 4.74 Å². The lowest BCUT2D eigenvalue weighted by Gasteiger charge is -2.04. The van der Waals surface area contributed by atoms with Crippen molar-refractivity contribution in [2.24, 2.45) is 5.73 Å². The molecule has 1 unspecified atom stereocenters. The molecule has 1 heterocycles. The second-order valence-electron chi connectivity index (χ2n) is 3.41. The summed E-state index contributed by atoms with van der Waals surface area (Å²) < 4.78 is 4.64. The molecule has 0 fully saturated rings. The van der Waals surface area contributed by atoms with Crippen LogP contribution in [0.4, 0.5) is 0 Å². The van der Waals surface area contributed by atoms with Crippen molar-refractivity contribution < 1.29 is 9.53 Å². The van der Waals surface area contributed by atoms with Gasteiger partial charge in [-0.2, -0.15) is 0 Å². The lowest BCUT2D eigenvalue weighted by molar-refractivity contribution is 0.0594. The number of H-pyrrole nitrogens is 1. The first-order valence-corrected chi connectivity index (χ1v) is 4.58. The zero-order valence-corrected chi connectivity index (χ0v) is 8.76. The highest BCUT2D eigenvalue weighted by molar-refractivity contribution is 5.89. The molecule has 1 atom stereocenters. The summed E-state index contributed by atoms with van der Waals surface area (Å²) in [5.74, 6) is -0.106. The number of hydrogen-bond donors (Lipinski definition) is 2. The molecule has 3 N–H and O–H groups in total. The third-order valence-electron chi connectivity index (χ3n) is 2.31. The Kier molecular flexibility index (Phi) is 3.30. The largest absolute Gasteiger partial charge is 0.464 e. The van der Waals surface area contributed by atoms with Crippen molar-refractivity contribution in [1.29, 1.82) is 0 Å². The van der Waals surface area contributed by atoms with E-state index in [1.165, 1.54) is 7.11 Å². The molecule has 0 aromatic carbocycles. The SMILES string of the molecule is COC(=O)c1[nH]c(C(C)CN)cc1C. The normalized spacial score (nSPS) is 12.6. The summed E-state index contributed by atoms with van der Waals surface area (Å²) in [7, 11) is 1.37. The number of carbonyl (C=O) groups excluding carboxylic acids is 1. The van der Waals surface area contributed by atoms with E-state index in [1.807, 2.05) is 19.9 Å². The minimum atomic E-state index is -0.335. The van der Waals surface area contributed by atoms with Crippen LogP contribution in [0.2, 0.25) is 0 Å². The van der Waals surface area contributed by atoms with Crippen LogP contribution in [0.1, 0.15) is 34.6 Å². The second-order valence-corrected chi connectivity index (χ2v) is 3.41. The van der Waals surface area contributed by atoms with Crippen molar-refractivity contribution in [3.63, 3.8) is 0 Å². The van der Waals surface area contributed by atoms with Gasteiger partial charge in [-0.05, 0) is 18.6 Å². The maximum absolute atomic E-state index is 11.3. The van der Waals surface area contributed by atoms with Crippen LogP contribution in [0.25, 0.3) is 0 Å². The molecule has 78 valence electrons. The molecule has 0 saturated heterocycles. The number of rotatable bonds is 3. The molecule has 0 bridgehead atoms. The molecule has 1 rings (SSSR count). The van der Waals surface area contributed by atoms with E-state index in [4.69, 9.17) is 5.73 Å². The van der Waals surface area contributed by atoms with Gasteiger partial charge < -0.3 is 15.5 Å². The fourth-order valence-electron chi connectivity index (χ4n) is 1.29. The monoisotopic (exact) mass is 196 g/mol. The first-order chi connectivity index (χ1) is 6.60. The Morgan fingerprint density at radius 1 is 1.71 bits per heavy atom. The van der Waals surface area contributed by atoms with Crippen molar-refractivity contribution in [2.75, 3.05) is 13.7 Å². The Labute approximate surface area is 83.4 Å². The maximum atomic E-state index is 11.3. The fraction of sp³-hybridized carbons (Fsp3) is 0.500. The van der Waals surface area contributed by atoms with Gasteiger partial charge >= 0.3 is 5.97 Å². The molecular formula is C10H16N2O2. The summed E-state index contributed by atoms with van der Waals surface area (Å²) >= 11 is 0. The molecule has 0 aliphatic heterocycles. The number of ether oxygens (including phenoxy) is 1. The van der Waals surface area contributed by atoms with Gasteiger partial charge in [0.25, 0.3) is 0 Å². The first-order valence-electron chi connectivity index (χ1n) is 4.58. The predicted octanol–water partition coefficient (Wildman–Crippen LogP) is 1.17. The van der Waals surface area contributed by atoms with Crippen LogP contribution in [0.15, 0.2) is 6.07 Å². The predicted molar refractivity (Wildman–Crippen MR) is 54.3 cm³/mol. The van der Waals surface area contributed by atoms with E-state index >= 15 is 0 Å². The maximum Gasteiger partial charge on any atom is 0.354 e. The lowest BCUT2D eigenvalue weighted by atomic mass is 10.1. The molecule has 4 nitrogen and oxygen atoms in total. The molecule has 4 heteroatoms. The standard InChI is InChI=1S/C10H16N2O2/c1-6-4-8(7(2)5-11)12-9(6)10(13)14-3/h4,7,12H,5,11H2,1-3H3. The molecule has 14 heavy (non-hydrogen) atoms. The number of nitrogens with one attached hydrogen (secondary N) is 1. The molecule has 1 aromatic rings. The van der Waals surface area contributed by atoms with Crippen LogP contribution < -0.4 is 5.73 Å². The third kappa shape index (κ3) is 1.96. The van der Waals surface area contributed by atoms with Gasteiger partial charge in [-0.1, -0.05) is 6.92 Å². The summed E-state index contributed by atoms with van der Waals surface area (Å²) in [5, 5.41) is 0. The van der Waals surface area contributed by atoms with Crippen molar-refractivity contribution >= 4 is 5.97 Å². The van der Waals surface area contributed by atoms with Gasteiger partial charge in [0.05, 0.1) is 7.11 Å². The number of methoxy groups -OCH3 is 1. The highest BCUT2D eigenvalue weighted by Gasteiger charge is 2.15. The van der Waals surface area contributed by atoms with Gasteiger partial charge in [0.1, 0.15) is 5.69 Å².